The highest BCUT2D eigenvalue weighted by molar-refractivity contribution is 5.78. The van der Waals surface area contributed by atoms with Crippen LogP contribution in [0.2, 0.25) is 0 Å². The van der Waals surface area contributed by atoms with E-state index in [1.165, 1.54) is 12.8 Å². The molecule has 2 rings (SSSR count). The Morgan fingerprint density at radius 1 is 1.36 bits per heavy atom. The summed E-state index contributed by atoms with van der Waals surface area (Å²) in [6, 6.07) is 0. The summed E-state index contributed by atoms with van der Waals surface area (Å²) in [7, 11) is 0. The van der Waals surface area contributed by atoms with Crippen LogP contribution < -0.4 is 0 Å². The molecule has 3 atom stereocenters. The third-order valence-corrected chi connectivity index (χ3v) is 3.72. The van der Waals surface area contributed by atoms with E-state index in [-0.39, 0.29) is 0 Å². The number of allylic oxidation sites excluding steroid dienone is 2. The molecule has 2 bridgehead atoms. The van der Waals surface area contributed by atoms with E-state index in [9.17, 15) is 4.79 Å². The number of rotatable bonds is 5. The third kappa shape index (κ3) is 2.08. The van der Waals surface area contributed by atoms with Gasteiger partial charge >= 0.3 is 0 Å². The molecule has 0 saturated heterocycles. The number of hydrogen-bond donors (Lipinski definition) is 0. The number of unbranched alkanes of at least 4 members (excludes halogenated alkanes) is 1. The van der Waals surface area contributed by atoms with Crippen LogP contribution in [0, 0.1) is 17.8 Å². The topological polar surface area (TPSA) is 17.1 Å². The summed E-state index contributed by atoms with van der Waals surface area (Å²) >= 11 is 0. The smallest absolute Gasteiger partial charge is 0.133 e. The standard InChI is InChI=1S/C13H20O/c1-2-3-4-13(14)9-12-8-10-5-6-11(12)7-10/h5-6,10-12H,2-4,7-9H2,1H3. The lowest BCUT2D eigenvalue weighted by Gasteiger charge is -2.16. The predicted molar refractivity (Wildman–Crippen MR) is 58.0 cm³/mol. The molecule has 1 nitrogen and oxygen atoms in total. The number of Topliss-reactive ketones (excluding diaryl/α,β-unsaturated/α-hetero) is 1. The van der Waals surface area contributed by atoms with E-state index in [2.05, 4.69) is 19.1 Å². The van der Waals surface area contributed by atoms with Crippen molar-refractivity contribution >= 4 is 5.78 Å². The summed E-state index contributed by atoms with van der Waals surface area (Å²) in [6.45, 7) is 2.15. The molecule has 0 heterocycles. The van der Waals surface area contributed by atoms with E-state index in [1.807, 2.05) is 0 Å². The van der Waals surface area contributed by atoms with Crippen molar-refractivity contribution in [1.29, 1.82) is 0 Å². The lowest BCUT2D eigenvalue weighted by molar-refractivity contribution is -0.120. The molecule has 14 heavy (non-hydrogen) atoms. The van der Waals surface area contributed by atoms with Gasteiger partial charge in [0.15, 0.2) is 0 Å². The fourth-order valence-electron chi connectivity index (χ4n) is 2.90. The van der Waals surface area contributed by atoms with E-state index in [1.54, 1.807) is 0 Å². The third-order valence-electron chi connectivity index (χ3n) is 3.72. The minimum Gasteiger partial charge on any atom is -0.300 e. The summed E-state index contributed by atoms with van der Waals surface area (Å²) in [5.74, 6) is 2.74. The quantitative estimate of drug-likeness (QED) is 0.610. The Bertz CT molecular complexity index is 242. The van der Waals surface area contributed by atoms with E-state index in [0.717, 1.165) is 37.5 Å². The van der Waals surface area contributed by atoms with E-state index < -0.39 is 0 Å². The molecule has 2 aliphatic carbocycles. The van der Waals surface area contributed by atoms with Gasteiger partial charge in [-0.05, 0) is 37.0 Å². The largest absolute Gasteiger partial charge is 0.300 e. The molecule has 1 fully saturated rings. The van der Waals surface area contributed by atoms with Crippen molar-refractivity contribution in [2.75, 3.05) is 0 Å². The zero-order valence-electron chi connectivity index (χ0n) is 9.04. The Hall–Kier alpha value is -0.590. The van der Waals surface area contributed by atoms with Gasteiger partial charge in [-0.15, -0.1) is 0 Å². The summed E-state index contributed by atoms with van der Waals surface area (Å²) in [6.07, 6.45) is 11.2. The lowest BCUT2D eigenvalue weighted by atomic mass is 9.88. The van der Waals surface area contributed by atoms with Gasteiger partial charge in [0.1, 0.15) is 5.78 Å². The molecule has 78 valence electrons. The van der Waals surface area contributed by atoms with Crippen LogP contribution in [-0.4, -0.2) is 5.78 Å². The van der Waals surface area contributed by atoms with Gasteiger partial charge in [0, 0.05) is 12.8 Å². The van der Waals surface area contributed by atoms with Crippen molar-refractivity contribution in [2.45, 2.75) is 45.4 Å². The first-order valence-electron chi connectivity index (χ1n) is 5.99. The minimum absolute atomic E-state index is 0.498. The van der Waals surface area contributed by atoms with Crippen molar-refractivity contribution in [2.24, 2.45) is 17.8 Å². The van der Waals surface area contributed by atoms with Crippen LogP contribution in [0.1, 0.15) is 45.4 Å². The minimum atomic E-state index is 0.498. The Morgan fingerprint density at radius 3 is 2.79 bits per heavy atom. The number of carbonyl (C=O) groups is 1. The van der Waals surface area contributed by atoms with Gasteiger partial charge in [0.05, 0.1) is 0 Å². The monoisotopic (exact) mass is 192 g/mol. The lowest BCUT2D eigenvalue weighted by Crippen LogP contribution is -2.12. The number of hydrogen-bond acceptors (Lipinski definition) is 1. The van der Waals surface area contributed by atoms with E-state index in [0.29, 0.717) is 11.7 Å². The molecule has 0 N–H and O–H groups in total. The fourth-order valence-corrected chi connectivity index (χ4v) is 2.90. The number of ketones is 1. The molecule has 0 aromatic heterocycles. The highest BCUT2D eigenvalue weighted by atomic mass is 16.1. The van der Waals surface area contributed by atoms with Crippen LogP contribution in [0.5, 0.6) is 0 Å². The molecular formula is C13H20O. The van der Waals surface area contributed by atoms with E-state index >= 15 is 0 Å². The maximum Gasteiger partial charge on any atom is 0.133 e. The molecule has 0 aliphatic heterocycles. The van der Waals surface area contributed by atoms with Crippen molar-refractivity contribution in [3.63, 3.8) is 0 Å². The van der Waals surface area contributed by atoms with Gasteiger partial charge in [-0.2, -0.15) is 0 Å². The van der Waals surface area contributed by atoms with E-state index in [4.69, 9.17) is 0 Å². The molecule has 1 heteroatoms. The fraction of sp³-hybridized carbons (Fsp3) is 0.769. The van der Waals surface area contributed by atoms with Gasteiger partial charge in [0.25, 0.3) is 0 Å². The Morgan fingerprint density at radius 2 is 2.21 bits per heavy atom. The summed E-state index contributed by atoms with van der Waals surface area (Å²) in [4.78, 5) is 11.6. The van der Waals surface area contributed by atoms with Gasteiger partial charge in [0.2, 0.25) is 0 Å². The molecule has 1 saturated carbocycles. The molecule has 0 aromatic rings. The molecule has 0 amide bonds. The van der Waals surface area contributed by atoms with Crippen LogP contribution in [0.3, 0.4) is 0 Å². The van der Waals surface area contributed by atoms with Crippen LogP contribution in [-0.2, 0) is 4.79 Å². The molecule has 3 unspecified atom stereocenters. The predicted octanol–water partition coefficient (Wildman–Crippen LogP) is 3.35. The van der Waals surface area contributed by atoms with Crippen molar-refractivity contribution in [3.8, 4) is 0 Å². The van der Waals surface area contributed by atoms with Crippen molar-refractivity contribution in [3.05, 3.63) is 12.2 Å². The normalized spacial score (nSPS) is 33.9. The van der Waals surface area contributed by atoms with Crippen LogP contribution in [0.15, 0.2) is 12.2 Å². The summed E-state index contributed by atoms with van der Waals surface area (Å²) < 4.78 is 0. The Labute approximate surface area is 86.6 Å². The second kappa shape index (κ2) is 4.29. The highest BCUT2D eigenvalue weighted by Crippen LogP contribution is 2.45. The number of carbonyl (C=O) groups excluding carboxylic acids is 1. The first-order valence-corrected chi connectivity index (χ1v) is 5.99. The SMILES string of the molecule is CCCCC(=O)CC1CC2C=CC1C2. The second-order valence-corrected chi connectivity index (χ2v) is 4.89. The zero-order valence-corrected chi connectivity index (χ0v) is 9.04. The van der Waals surface area contributed by atoms with Gasteiger partial charge < -0.3 is 0 Å². The maximum atomic E-state index is 11.6. The van der Waals surface area contributed by atoms with Crippen molar-refractivity contribution < 1.29 is 4.79 Å². The van der Waals surface area contributed by atoms with Gasteiger partial charge in [-0.1, -0.05) is 25.5 Å². The Balaban J connectivity index is 1.76. The van der Waals surface area contributed by atoms with Gasteiger partial charge in [-0.25, -0.2) is 0 Å². The molecule has 0 radical (unpaired) electrons. The average Bonchev–Trinajstić information content (AvgIpc) is 2.76. The Kier molecular flexibility index (Phi) is 3.05. The molecule has 0 aromatic carbocycles. The van der Waals surface area contributed by atoms with Crippen molar-refractivity contribution in [1.82, 2.24) is 0 Å². The first kappa shape index (κ1) is 9.95. The summed E-state index contributed by atoms with van der Waals surface area (Å²) in [5, 5.41) is 0. The first-order chi connectivity index (χ1) is 6.79. The average molecular weight is 192 g/mol. The second-order valence-electron chi connectivity index (χ2n) is 4.89. The molecule has 2 aliphatic rings. The summed E-state index contributed by atoms with van der Waals surface area (Å²) in [5.41, 5.74) is 0. The molecule has 0 spiro atoms. The highest BCUT2D eigenvalue weighted by Gasteiger charge is 2.36. The van der Waals surface area contributed by atoms with Crippen LogP contribution in [0.4, 0.5) is 0 Å². The van der Waals surface area contributed by atoms with Crippen LogP contribution in [0.25, 0.3) is 0 Å². The van der Waals surface area contributed by atoms with Gasteiger partial charge in [-0.3, -0.25) is 4.79 Å². The number of fused-ring (bicyclic) bond motifs is 2. The molecular weight excluding hydrogens is 172 g/mol. The zero-order chi connectivity index (χ0) is 9.97. The maximum absolute atomic E-state index is 11.6. The van der Waals surface area contributed by atoms with Crippen LogP contribution >= 0.6 is 0 Å².